The van der Waals surface area contributed by atoms with Gasteiger partial charge in [-0.15, -0.1) is 0 Å². The lowest BCUT2D eigenvalue weighted by Gasteiger charge is -2.22. The quantitative estimate of drug-likeness (QED) is 0.644. The van der Waals surface area contributed by atoms with Crippen LogP contribution in [0.1, 0.15) is 39.0 Å². The summed E-state index contributed by atoms with van der Waals surface area (Å²) in [6.45, 7) is 2.37. The smallest absolute Gasteiger partial charge is 0.279 e. The molecule has 1 aliphatic rings. The van der Waals surface area contributed by atoms with Crippen LogP contribution in [0.25, 0.3) is 0 Å². The van der Waals surface area contributed by atoms with Crippen molar-refractivity contribution in [3.8, 4) is 0 Å². The number of nitrogens with zero attached hydrogens (tertiary/aromatic N) is 1. The summed E-state index contributed by atoms with van der Waals surface area (Å²) in [6, 6.07) is 0.0454. The summed E-state index contributed by atoms with van der Waals surface area (Å²) in [6.07, 6.45) is 4.71. The van der Waals surface area contributed by atoms with Gasteiger partial charge in [0.15, 0.2) is 0 Å². The fraction of sp³-hybridized carbons (Fsp3) is 1.00. The van der Waals surface area contributed by atoms with E-state index in [-0.39, 0.29) is 12.6 Å². The fourth-order valence-electron chi connectivity index (χ4n) is 1.77. The predicted molar refractivity (Wildman–Crippen MR) is 67.8 cm³/mol. The Morgan fingerprint density at radius 2 is 2.12 bits per heavy atom. The van der Waals surface area contributed by atoms with Crippen LogP contribution in [0.2, 0.25) is 0 Å². The molecule has 102 valence electrons. The molecular weight excluding hydrogens is 240 g/mol. The maximum atomic E-state index is 11.9. The van der Waals surface area contributed by atoms with Crippen LogP contribution in [-0.4, -0.2) is 44.1 Å². The van der Waals surface area contributed by atoms with Gasteiger partial charge in [-0.3, -0.25) is 0 Å². The standard InChI is InChI=1S/C11H24N2O3S/c1-3-11(9-10-5-6-10)12-17(15,16)13(2)7-4-8-14/h10-12,14H,3-9H2,1-2H3. The fourth-order valence-corrected chi connectivity index (χ4v) is 3.00. The Kier molecular flexibility index (Phi) is 5.85. The summed E-state index contributed by atoms with van der Waals surface area (Å²) in [7, 11) is -1.85. The van der Waals surface area contributed by atoms with Crippen LogP contribution in [-0.2, 0) is 10.2 Å². The van der Waals surface area contributed by atoms with Gasteiger partial charge in [-0.2, -0.15) is 17.4 Å². The van der Waals surface area contributed by atoms with E-state index < -0.39 is 10.2 Å². The van der Waals surface area contributed by atoms with E-state index in [0.717, 1.165) is 12.8 Å². The highest BCUT2D eigenvalue weighted by Gasteiger charge is 2.28. The monoisotopic (exact) mass is 264 g/mol. The van der Waals surface area contributed by atoms with Crippen molar-refractivity contribution in [2.45, 2.75) is 45.1 Å². The molecule has 1 aliphatic carbocycles. The summed E-state index contributed by atoms with van der Waals surface area (Å²) >= 11 is 0. The minimum atomic E-state index is -3.39. The molecule has 6 heteroatoms. The molecular formula is C11H24N2O3S. The summed E-state index contributed by atoms with van der Waals surface area (Å²) in [5.41, 5.74) is 0. The van der Waals surface area contributed by atoms with Gasteiger partial charge in [-0.05, 0) is 25.2 Å². The molecule has 0 aromatic heterocycles. The lowest BCUT2D eigenvalue weighted by Crippen LogP contribution is -2.44. The van der Waals surface area contributed by atoms with Gasteiger partial charge in [-0.25, -0.2) is 0 Å². The Balaban J connectivity index is 2.44. The van der Waals surface area contributed by atoms with Crippen molar-refractivity contribution in [1.29, 1.82) is 0 Å². The number of hydrogen-bond acceptors (Lipinski definition) is 3. The van der Waals surface area contributed by atoms with Gasteiger partial charge in [0, 0.05) is 26.2 Å². The van der Waals surface area contributed by atoms with E-state index in [4.69, 9.17) is 5.11 Å². The molecule has 17 heavy (non-hydrogen) atoms. The average Bonchev–Trinajstić information content (AvgIpc) is 3.08. The Morgan fingerprint density at radius 1 is 1.47 bits per heavy atom. The van der Waals surface area contributed by atoms with E-state index in [2.05, 4.69) is 4.72 Å². The molecule has 1 atom stereocenters. The van der Waals surface area contributed by atoms with Crippen molar-refractivity contribution in [2.75, 3.05) is 20.2 Å². The summed E-state index contributed by atoms with van der Waals surface area (Å²) in [4.78, 5) is 0. The zero-order valence-corrected chi connectivity index (χ0v) is 11.5. The van der Waals surface area contributed by atoms with Crippen molar-refractivity contribution in [2.24, 2.45) is 5.92 Å². The van der Waals surface area contributed by atoms with E-state index >= 15 is 0 Å². The Morgan fingerprint density at radius 3 is 2.59 bits per heavy atom. The molecule has 2 N–H and O–H groups in total. The first-order chi connectivity index (χ1) is 7.99. The molecule has 0 radical (unpaired) electrons. The van der Waals surface area contributed by atoms with Gasteiger partial charge in [-0.1, -0.05) is 19.8 Å². The van der Waals surface area contributed by atoms with Crippen LogP contribution in [0.3, 0.4) is 0 Å². The molecule has 0 aliphatic heterocycles. The third-order valence-electron chi connectivity index (χ3n) is 3.16. The molecule has 1 fully saturated rings. The molecule has 1 unspecified atom stereocenters. The van der Waals surface area contributed by atoms with Gasteiger partial charge < -0.3 is 5.11 Å². The number of rotatable bonds is 9. The summed E-state index contributed by atoms with van der Waals surface area (Å²) in [5, 5.41) is 8.69. The molecule has 5 nitrogen and oxygen atoms in total. The van der Waals surface area contributed by atoms with E-state index in [1.54, 1.807) is 7.05 Å². The zero-order valence-electron chi connectivity index (χ0n) is 10.7. The SMILES string of the molecule is CCC(CC1CC1)NS(=O)(=O)N(C)CCCO. The topological polar surface area (TPSA) is 69.6 Å². The van der Waals surface area contributed by atoms with Crippen molar-refractivity contribution in [3.63, 3.8) is 0 Å². The zero-order chi connectivity index (χ0) is 12.9. The normalized spacial score (nSPS) is 18.6. The van der Waals surface area contributed by atoms with Crippen molar-refractivity contribution >= 4 is 10.2 Å². The first-order valence-corrected chi connectivity index (χ1v) is 7.78. The highest BCUT2D eigenvalue weighted by atomic mass is 32.2. The van der Waals surface area contributed by atoms with Crippen LogP contribution in [0.4, 0.5) is 0 Å². The molecule has 1 saturated carbocycles. The van der Waals surface area contributed by atoms with Crippen LogP contribution in [0.15, 0.2) is 0 Å². The number of aliphatic hydroxyl groups is 1. The van der Waals surface area contributed by atoms with E-state index in [0.29, 0.717) is 18.9 Å². The summed E-state index contributed by atoms with van der Waals surface area (Å²) < 4.78 is 27.9. The highest BCUT2D eigenvalue weighted by Crippen LogP contribution is 2.34. The largest absolute Gasteiger partial charge is 0.396 e. The number of aliphatic hydroxyl groups excluding tert-OH is 1. The lowest BCUT2D eigenvalue weighted by atomic mass is 10.1. The van der Waals surface area contributed by atoms with Crippen molar-refractivity contribution < 1.29 is 13.5 Å². The number of nitrogens with one attached hydrogen (secondary N) is 1. The molecule has 0 aromatic rings. The van der Waals surface area contributed by atoms with Crippen molar-refractivity contribution in [3.05, 3.63) is 0 Å². The van der Waals surface area contributed by atoms with E-state index in [1.807, 2.05) is 6.92 Å². The maximum Gasteiger partial charge on any atom is 0.279 e. The second-order valence-corrected chi connectivity index (χ2v) is 6.62. The third-order valence-corrected chi connectivity index (χ3v) is 4.80. The first-order valence-electron chi connectivity index (χ1n) is 6.34. The lowest BCUT2D eigenvalue weighted by molar-refractivity contribution is 0.275. The van der Waals surface area contributed by atoms with Gasteiger partial charge in [0.2, 0.25) is 0 Å². The minimum Gasteiger partial charge on any atom is -0.396 e. The Bertz CT molecular complexity index is 315. The van der Waals surface area contributed by atoms with Crippen LogP contribution in [0.5, 0.6) is 0 Å². The number of hydrogen-bond donors (Lipinski definition) is 2. The van der Waals surface area contributed by atoms with E-state index in [1.165, 1.54) is 17.1 Å². The maximum absolute atomic E-state index is 11.9. The van der Waals surface area contributed by atoms with Crippen LogP contribution >= 0.6 is 0 Å². The molecule has 1 rings (SSSR count). The Labute approximate surface area is 104 Å². The van der Waals surface area contributed by atoms with E-state index in [9.17, 15) is 8.42 Å². The molecule has 0 saturated heterocycles. The van der Waals surface area contributed by atoms with Gasteiger partial charge in [0.25, 0.3) is 10.2 Å². The third kappa shape index (κ3) is 5.33. The van der Waals surface area contributed by atoms with Gasteiger partial charge in [0.05, 0.1) is 0 Å². The van der Waals surface area contributed by atoms with Crippen LogP contribution in [0, 0.1) is 5.92 Å². The Hall–Kier alpha value is -0.170. The van der Waals surface area contributed by atoms with Gasteiger partial charge in [0.1, 0.15) is 0 Å². The molecule has 0 spiro atoms. The first kappa shape index (κ1) is 14.9. The predicted octanol–water partition coefficient (Wildman–Crippen LogP) is 0.714. The molecule has 0 amide bonds. The molecule has 0 bridgehead atoms. The highest BCUT2D eigenvalue weighted by molar-refractivity contribution is 7.87. The molecule has 0 heterocycles. The van der Waals surface area contributed by atoms with Crippen molar-refractivity contribution in [1.82, 2.24) is 9.03 Å². The molecule has 0 aromatic carbocycles. The second kappa shape index (κ2) is 6.68. The minimum absolute atomic E-state index is 0.0130. The summed E-state index contributed by atoms with van der Waals surface area (Å²) in [5.74, 6) is 0.713. The average molecular weight is 264 g/mol. The second-order valence-electron chi connectivity index (χ2n) is 4.81. The van der Waals surface area contributed by atoms with Gasteiger partial charge >= 0.3 is 0 Å². The van der Waals surface area contributed by atoms with Crippen LogP contribution < -0.4 is 4.72 Å².